The quantitative estimate of drug-likeness (QED) is 0.552. The molecule has 0 radical (unpaired) electrons. The molecule has 0 saturated carbocycles. The fourth-order valence-corrected chi connectivity index (χ4v) is 3.39. The summed E-state index contributed by atoms with van der Waals surface area (Å²) in [6.07, 6.45) is 3.82. The van der Waals surface area contributed by atoms with Crippen LogP contribution in [0.2, 0.25) is 0 Å². The number of nitrogens with one attached hydrogen (secondary N) is 2. The molecule has 4 rings (SSSR count). The van der Waals surface area contributed by atoms with Crippen molar-refractivity contribution in [2.45, 2.75) is 6.92 Å². The van der Waals surface area contributed by atoms with Crippen molar-refractivity contribution in [3.8, 4) is 0 Å². The standard InChI is InChI=1S/C20H16N4OS/c1-13-12-26-20(21-13)22-19(25)15-7-3-2-6-14(15)10-11-18-16-8-4-5-9-17(16)23-24-18/h2-12H,1H3,(H,23,24)(H,21,22,25). The summed E-state index contributed by atoms with van der Waals surface area (Å²) in [6, 6.07) is 15.4. The first-order valence-electron chi connectivity index (χ1n) is 8.14. The van der Waals surface area contributed by atoms with Gasteiger partial charge in [-0.25, -0.2) is 4.98 Å². The highest BCUT2D eigenvalue weighted by Gasteiger charge is 2.11. The van der Waals surface area contributed by atoms with Crippen LogP contribution in [0.5, 0.6) is 0 Å². The van der Waals surface area contributed by atoms with Gasteiger partial charge in [0, 0.05) is 16.3 Å². The Morgan fingerprint density at radius 1 is 1.12 bits per heavy atom. The molecule has 0 bridgehead atoms. The number of anilines is 1. The molecule has 0 fully saturated rings. The van der Waals surface area contributed by atoms with Crippen molar-refractivity contribution < 1.29 is 4.79 Å². The molecule has 4 aromatic rings. The fourth-order valence-electron chi connectivity index (χ4n) is 2.71. The summed E-state index contributed by atoms with van der Waals surface area (Å²) in [6.45, 7) is 1.90. The van der Waals surface area contributed by atoms with Gasteiger partial charge in [-0.15, -0.1) is 11.3 Å². The molecule has 2 aromatic heterocycles. The van der Waals surface area contributed by atoms with Crippen LogP contribution < -0.4 is 5.32 Å². The number of nitrogens with zero attached hydrogens (tertiary/aromatic N) is 2. The molecule has 0 aliphatic carbocycles. The van der Waals surface area contributed by atoms with Gasteiger partial charge in [0.1, 0.15) is 0 Å². The van der Waals surface area contributed by atoms with Crippen LogP contribution in [0.4, 0.5) is 5.13 Å². The van der Waals surface area contributed by atoms with Crippen molar-refractivity contribution >= 4 is 45.4 Å². The molecular formula is C20H16N4OS. The number of amides is 1. The summed E-state index contributed by atoms with van der Waals surface area (Å²) in [5, 5.41) is 13.8. The molecule has 128 valence electrons. The van der Waals surface area contributed by atoms with E-state index in [0.29, 0.717) is 10.7 Å². The summed E-state index contributed by atoms with van der Waals surface area (Å²) in [5.74, 6) is -0.175. The fraction of sp³-hybridized carbons (Fsp3) is 0.0500. The van der Waals surface area contributed by atoms with Gasteiger partial charge in [-0.3, -0.25) is 15.2 Å². The van der Waals surface area contributed by atoms with Crippen LogP contribution in [0.25, 0.3) is 23.1 Å². The first-order chi connectivity index (χ1) is 12.7. The second-order valence-electron chi connectivity index (χ2n) is 5.82. The number of aromatic amines is 1. The minimum absolute atomic E-state index is 0.175. The number of carbonyl (C=O) groups excluding carboxylic acids is 1. The van der Waals surface area contributed by atoms with Crippen LogP contribution >= 0.6 is 11.3 Å². The summed E-state index contributed by atoms with van der Waals surface area (Å²) in [4.78, 5) is 16.9. The van der Waals surface area contributed by atoms with Gasteiger partial charge in [0.15, 0.2) is 5.13 Å². The highest BCUT2D eigenvalue weighted by molar-refractivity contribution is 7.13. The molecule has 0 unspecified atom stereocenters. The number of H-pyrrole nitrogens is 1. The van der Waals surface area contributed by atoms with Gasteiger partial charge in [0.25, 0.3) is 5.91 Å². The second kappa shape index (κ2) is 6.93. The number of benzene rings is 2. The molecule has 0 saturated heterocycles. The van der Waals surface area contributed by atoms with E-state index < -0.39 is 0 Å². The average Bonchev–Trinajstić information content (AvgIpc) is 3.26. The second-order valence-corrected chi connectivity index (χ2v) is 6.68. The molecule has 0 spiro atoms. The topological polar surface area (TPSA) is 70.7 Å². The van der Waals surface area contributed by atoms with Gasteiger partial charge < -0.3 is 0 Å². The zero-order chi connectivity index (χ0) is 17.9. The number of fused-ring (bicyclic) bond motifs is 1. The molecule has 1 amide bonds. The van der Waals surface area contributed by atoms with Crippen LogP contribution in [-0.4, -0.2) is 21.1 Å². The first kappa shape index (κ1) is 16.2. The number of hydrogen-bond donors (Lipinski definition) is 2. The van der Waals surface area contributed by atoms with Gasteiger partial charge in [0.2, 0.25) is 0 Å². The smallest absolute Gasteiger partial charge is 0.258 e. The minimum atomic E-state index is -0.175. The lowest BCUT2D eigenvalue weighted by molar-refractivity contribution is 0.102. The number of hydrogen-bond acceptors (Lipinski definition) is 4. The number of rotatable bonds is 4. The number of para-hydroxylation sites is 1. The molecule has 0 atom stereocenters. The Hall–Kier alpha value is -3.25. The average molecular weight is 360 g/mol. The van der Waals surface area contributed by atoms with E-state index in [1.807, 2.05) is 66.9 Å². The lowest BCUT2D eigenvalue weighted by Crippen LogP contribution is -2.13. The molecular weight excluding hydrogens is 344 g/mol. The van der Waals surface area contributed by atoms with E-state index in [4.69, 9.17) is 0 Å². The Bertz CT molecular complexity index is 1110. The Kier molecular flexibility index (Phi) is 4.33. The van der Waals surface area contributed by atoms with Crippen molar-refractivity contribution in [1.29, 1.82) is 0 Å². The number of aromatic nitrogens is 3. The first-order valence-corrected chi connectivity index (χ1v) is 9.02. The largest absolute Gasteiger partial charge is 0.298 e. The molecule has 5 nitrogen and oxygen atoms in total. The Morgan fingerprint density at radius 3 is 2.77 bits per heavy atom. The Morgan fingerprint density at radius 2 is 1.92 bits per heavy atom. The highest BCUT2D eigenvalue weighted by atomic mass is 32.1. The van der Waals surface area contributed by atoms with Crippen molar-refractivity contribution in [1.82, 2.24) is 15.2 Å². The molecule has 2 N–H and O–H groups in total. The van der Waals surface area contributed by atoms with E-state index in [1.54, 1.807) is 6.07 Å². The van der Waals surface area contributed by atoms with Gasteiger partial charge >= 0.3 is 0 Å². The molecule has 6 heteroatoms. The van der Waals surface area contributed by atoms with Crippen molar-refractivity contribution in [2.24, 2.45) is 0 Å². The van der Waals surface area contributed by atoms with E-state index in [9.17, 15) is 4.79 Å². The predicted molar refractivity (Wildman–Crippen MR) is 106 cm³/mol. The summed E-state index contributed by atoms with van der Waals surface area (Å²) >= 11 is 1.42. The van der Waals surface area contributed by atoms with Crippen LogP contribution in [0.1, 0.15) is 27.3 Å². The van der Waals surface area contributed by atoms with E-state index in [0.717, 1.165) is 27.9 Å². The van der Waals surface area contributed by atoms with Crippen molar-refractivity contribution in [3.05, 3.63) is 76.4 Å². The van der Waals surface area contributed by atoms with Crippen LogP contribution in [-0.2, 0) is 0 Å². The maximum atomic E-state index is 12.6. The summed E-state index contributed by atoms with van der Waals surface area (Å²) < 4.78 is 0. The molecule has 0 aliphatic heterocycles. The zero-order valence-electron chi connectivity index (χ0n) is 14.1. The maximum Gasteiger partial charge on any atom is 0.258 e. The number of aryl methyl sites for hydroxylation is 1. The predicted octanol–water partition coefficient (Wildman–Crippen LogP) is 4.75. The third kappa shape index (κ3) is 3.27. The third-order valence-corrected chi connectivity index (χ3v) is 4.84. The van der Waals surface area contributed by atoms with Crippen LogP contribution in [0.3, 0.4) is 0 Å². The Balaban J connectivity index is 1.62. The lowest BCUT2D eigenvalue weighted by atomic mass is 10.1. The third-order valence-electron chi connectivity index (χ3n) is 3.97. The van der Waals surface area contributed by atoms with Gasteiger partial charge in [-0.2, -0.15) is 5.10 Å². The molecule has 0 aliphatic rings. The van der Waals surface area contributed by atoms with Crippen molar-refractivity contribution in [2.75, 3.05) is 5.32 Å². The normalized spacial score (nSPS) is 11.3. The molecule has 2 aromatic carbocycles. The Labute approximate surface area is 154 Å². The SMILES string of the molecule is Cc1csc(NC(=O)c2ccccc2C=Cc2n[nH]c3ccccc23)n1. The van der Waals surface area contributed by atoms with Gasteiger partial charge in [-0.1, -0.05) is 42.5 Å². The van der Waals surface area contributed by atoms with E-state index in [2.05, 4.69) is 20.5 Å². The van der Waals surface area contributed by atoms with Gasteiger partial charge in [-0.05, 0) is 30.7 Å². The minimum Gasteiger partial charge on any atom is -0.298 e. The maximum absolute atomic E-state index is 12.6. The van der Waals surface area contributed by atoms with Crippen LogP contribution in [0.15, 0.2) is 53.9 Å². The van der Waals surface area contributed by atoms with E-state index in [-0.39, 0.29) is 5.91 Å². The number of carbonyl (C=O) groups is 1. The summed E-state index contributed by atoms with van der Waals surface area (Å²) in [5.41, 5.74) is 4.13. The zero-order valence-corrected chi connectivity index (χ0v) is 14.9. The van der Waals surface area contributed by atoms with E-state index in [1.165, 1.54) is 11.3 Å². The highest BCUT2D eigenvalue weighted by Crippen LogP contribution is 2.20. The lowest BCUT2D eigenvalue weighted by Gasteiger charge is -2.05. The number of thiazole rings is 1. The molecule has 2 heterocycles. The molecule has 26 heavy (non-hydrogen) atoms. The van der Waals surface area contributed by atoms with E-state index >= 15 is 0 Å². The van der Waals surface area contributed by atoms with Crippen molar-refractivity contribution in [3.63, 3.8) is 0 Å². The summed E-state index contributed by atoms with van der Waals surface area (Å²) in [7, 11) is 0. The monoisotopic (exact) mass is 360 g/mol. The van der Waals surface area contributed by atoms with Crippen LogP contribution in [0, 0.1) is 6.92 Å². The van der Waals surface area contributed by atoms with Gasteiger partial charge in [0.05, 0.1) is 16.9 Å².